The van der Waals surface area contributed by atoms with Gasteiger partial charge < -0.3 is 9.88 Å². The van der Waals surface area contributed by atoms with E-state index >= 15 is 0 Å². The van der Waals surface area contributed by atoms with Crippen LogP contribution < -0.4 is 5.32 Å². The lowest BCUT2D eigenvalue weighted by Gasteiger charge is -2.10. The van der Waals surface area contributed by atoms with Gasteiger partial charge in [0, 0.05) is 36.8 Å². The Morgan fingerprint density at radius 2 is 2.11 bits per heavy atom. The summed E-state index contributed by atoms with van der Waals surface area (Å²) in [6, 6.07) is 3.40. The highest BCUT2D eigenvalue weighted by molar-refractivity contribution is 5.60. The second kappa shape index (κ2) is 5.09. The topological polar surface area (TPSA) is 73.0 Å². The van der Waals surface area contributed by atoms with Crippen LogP contribution in [0.15, 0.2) is 24.5 Å². The summed E-state index contributed by atoms with van der Waals surface area (Å²) in [6.07, 6.45) is 3.59. The van der Waals surface area contributed by atoms with Gasteiger partial charge in [0.25, 0.3) is 5.69 Å². The molecule has 1 aromatic heterocycles. The van der Waals surface area contributed by atoms with Gasteiger partial charge in [-0.15, -0.1) is 0 Å². The van der Waals surface area contributed by atoms with Gasteiger partial charge in [0.1, 0.15) is 5.82 Å². The number of nitro benzene ring substituents is 1. The van der Waals surface area contributed by atoms with Crippen molar-refractivity contribution in [1.29, 1.82) is 0 Å². The van der Waals surface area contributed by atoms with Crippen molar-refractivity contribution >= 4 is 11.4 Å². The van der Waals surface area contributed by atoms with Crippen LogP contribution in [0.5, 0.6) is 0 Å². The minimum atomic E-state index is -0.360. The SMILES string of the molecule is Cc1cc(C)c([N+](=O)[O-])cc1NCc1nccn1C. The van der Waals surface area contributed by atoms with E-state index in [0.717, 1.165) is 17.1 Å². The van der Waals surface area contributed by atoms with Gasteiger partial charge in [-0.05, 0) is 25.5 Å². The molecule has 0 saturated heterocycles. The Morgan fingerprint density at radius 1 is 1.37 bits per heavy atom. The number of hydrogen-bond acceptors (Lipinski definition) is 4. The van der Waals surface area contributed by atoms with Crippen LogP contribution in [0.3, 0.4) is 0 Å². The molecular weight excluding hydrogens is 244 g/mol. The molecule has 1 aromatic carbocycles. The van der Waals surface area contributed by atoms with E-state index in [0.29, 0.717) is 12.1 Å². The van der Waals surface area contributed by atoms with Gasteiger partial charge in [-0.3, -0.25) is 10.1 Å². The van der Waals surface area contributed by atoms with Gasteiger partial charge in [-0.25, -0.2) is 4.98 Å². The molecule has 1 heterocycles. The lowest BCUT2D eigenvalue weighted by atomic mass is 10.1. The van der Waals surface area contributed by atoms with E-state index in [9.17, 15) is 10.1 Å². The number of imidazole rings is 1. The van der Waals surface area contributed by atoms with Crippen LogP contribution in [0, 0.1) is 24.0 Å². The molecule has 0 aliphatic heterocycles. The highest BCUT2D eigenvalue weighted by atomic mass is 16.6. The first-order valence-corrected chi connectivity index (χ1v) is 5.94. The highest BCUT2D eigenvalue weighted by Gasteiger charge is 2.13. The summed E-state index contributed by atoms with van der Waals surface area (Å²) in [6.45, 7) is 4.20. The van der Waals surface area contributed by atoms with Gasteiger partial charge >= 0.3 is 0 Å². The molecule has 0 bridgehead atoms. The van der Waals surface area contributed by atoms with E-state index in [4.69, 9.17) is 0 Å². The fourth-order valence-electron chi connectivity index (χ4n) is 1.97. The van der Waals surface area contributed by atoms with E-state index in [2.05, 4.69) is 10.3 Å². The number of nitrogens with zero attached hydrogens (tertiary/aromatic N) is 3. The van der Waals surface area contributed by atoms with E-state index in [-0.39, 0.29) is 10.6 Å². The van der Waals surface area contributed by atoms with Crippen LogP contribution in [0.25, 0.3) is 0 Å². The number of nitro groups is 1. The molecule has 2 aromatic rings. The molecule has 6 nitrogen and oxygen atoms in total. The lowest BCUT2D eigenvalue weighted by molar-refractivity contribution is -0.385. The maximum Gasteiger partial charge on any atom is 0.274 e. The molecule has 0 aliphatic carbocycles. The second-order valence-electron chi connectivity index (χ2n) is 4.52. The van der Waals surface area contributed by atoms with Crippen molar-refractivity contribution in [2.24, 2.45) is 7.05 Å². The van der Waals surface area contributed by atoms with Crippen molar-refractivity contribution < 1.29 is 4.92 Å². The monoisotopic (exact) mass is 260 g/mol. The summed E-state index contributed by atoms with van der Waals surface area (Å²) >= 11 is 0. The number of nitrogens with one attached hydrogen (secondary N) is 1. The number of aryl methyl sites for hydroxylation is 3. The van der Waals surface area contributed by atoms with Crippen molar-refractivity contribution in [3.8, 4) is 0 Å². The van der Waals surface area contributed by atoms with Crippen LogP contribution in [0.4, 0.5) is 11.4 Å². The molecule has 0 saturated carbocycles. The average molecular weight is 260 g/mol. The normalized spacial score (nSPS) is 10.5. The Labute approximate surface area is 111 Å². The molecule has 2 rings (SSSR count). The van der Waals surface area contributed by atoms with Crippen LogP contribution in [0.1, 0.15) is 17.0 Å². The smallest absolute Gasteiger partial charge is 0.274 e. The average Bonchev–Trinajstić information content (AvgIpc) is 2.73. The van der Waals surface area contributed by atoms with Crippen molar-refractivity contribution in [3.05, 3.63) is 51.6 Å². The molecule has 0 radical (unpaired) electrons. The molecule has 0 unspecified atom stereocenters. The predicted molar refractivity (Wildman–Crippen MR) is 73.1 cm³/mol. The summed E-state index contributed by atoms with van der Waals surface area (Å²) in [5.41, 5.74) is 2.55. The third kappa shape index (κ3) is 2.73. The van der Waals surface area contributed by atoms with Crippen LogP contribution in [-0.4, -0.2) is 14.5 Å². The van der Waals surface area contributed by atoms with Gasteiger partial charge in [0.15, 0.2) is 0 Å². The first-order valence-electron chi connectivity index (χ1n) is 5.94. The zero-order valence-electron chi connectivity index (χ0n) is 11.2. The number of hydrogen-bond donors (Lipinski definition) is 1. The highest BCUT2D eigenvalue weighted by Crippen LogP contribution is 2.26. The molecule has 100 valence electrons. The second-order valence-corrected chi connectivity index (χ2v) is 4.52. The summed E-state index contributed by atoms with van der Waals surface area (Å²) in [5.74, 6) is 0.877. The molecule has 19 heavy (non-hydrogen) atoms. The van der Waals surface area contributed by atoms with E-state index < -0.39 is 0 Å². The maximum atomic E-state index is 10.9. The van der Waals surface area contributed by atoms with Crippen molar-refractivity contribution in [1.82, 2.24) is 9.55 Å². The number of benzene rings is 1. The van der Waals surface area contributed by atoms with Crippen LogP contribution in [-0.2, 0) is 13.6 Å². The Kier molecular flexibility index (Phi) is 3.50. The van der Waals surface area contributed by atoms with Gasteiger partial charge in [0.05, 0.1) is 11.5 Å². The minimum absolute atomic E-state index is 0.132. The summed E-state index contributed by atoms with van der Waals surface area (Å²) < 4.78 is 1.91. The van der Waals surface area contributed by atoms with Crippen molar-refractivity contribution in [2.75, 3.05) is 5.32 Å². The Balaban J connectivity index is 2.23. The summed E-state index contributed by atoms with van der Waals surface area (Å²) in [4.78, 5) is 14.8. The maximum absolute atomic E-state index is 10.9. The molecule has 0 spiro atoms. The van der Waals surface area contributed by atoms with Gasteiger partial charge in [0.2, 0.25) is 0 Å². The Hall–Kier alpha value is -2.37. The fraction of sp³-hybridized carbons (Fsp3) is 0.308. The zero-order chi connectivity index (χ0) is 14.0. The lowest BCUT2D eigenvalue weighted by Crippen LogP contribution is -2.07. The zero-order valence-corrected chi connectivity index (χ0v) is 11.2. The largest absolute Gasteiger partial charge is 0.377 e. The fourth-order valence-corrected chi connectivity index (χ4v) is 1.97. The molecule has 0 amide bonds. The van der Waals surface area contributed by atoms with E-state index in [1.807, 2.05) is 30.8 Å². The summed E-state index contributed by atoms with van der Waals surface area (Å²) in [5, 5.41) is 14.1. The quantitative estimate of drug-likeness (QED) is 0.677. The van der Waals surface area contributed by atoms with Gasteiger partial charge in [-0.1, -0.05) is 0 Å². The molecule has 6 heteroatoms. The third-order valence-corrected chi connectivity index (χ3v) is 3.10. The Bertz CT molecular complexity index is 619. The predicted octanol–water partition coefficient (Wildman–Crippen LogP) is 2.56. The first kappa shape index (κ1) is 13.1. The molecule has 0 aliphatic rings. The number of aromatic nitrogens is 2. The van der Waals surface area contributed by atoms with Crippen molar-refractivity contribution in [2.45, 2.75) is 20.4 Å². The van der Waals surface area contributed by atoms with Crippen LogP contribution >= 0.6 is 0 Å². The van der Waals surface area contributed by atoms with E-state index in [1.165, 1.54) is 0 Å². The number of rotatable bonds is 4. The first-order chi connectivity index (χ1) is 8.99. The standard InChI is InChI=1S/C13H16N4O2/c1-9-6-10(2)12(17(18)19)7-11(9)15-8-13-14-4-5-16(13)3/h4-7,15H,8H2,1-3H3. The molecule has 0 fully saturated rings. The molecular formula is C13H16N4O2. The third-order valence-electron chi connectivity index (χ3n) is 3.10. The van der Waals surface area contributed by atoms with Gasteiger partial charge in [-0.2, -0.15) is 0 Å². The minimum Gasteiger partial charge on any atom is -0.377 e. The van der Waals surface area contributed by atoms with E-state index in [1.54, 1.807) is 19.2 Å². The Morgan fingerprint density at radius 3 is 2.68 bits per heavy atom. The molecule has 0 atom stereocenters. The van der Waals surface area contributed by atoms with Crippen molar-refractivity contribution in [3.63, 3.8) is 0 Å². The summed E-state index contributed by atoms with van der Waals surface area (Å²) in [7, 11) is 1.91. The number of anilines is 1. The molecule has 1 N–H and O–H groups in total. The van der Waals surface area contributed by atoms with Crippen LogP contribution in [0.2, 0.25) is 0 Å².